The van der Waals surface area contributed by atoms with E-state index >= 15 is 0 Å². The van der Waals surface area contributed by atoms with Crippen LogP contribution in [0.5, 0.6) is 0 Å². The molecule has 16 heavy (non-hydrogen) atoms. The lowest BCUT2D eigenvalue weighted by Gasteiger charge is -2.42. The van der Waals surface area contributed by atoms with Crippen LogP contribution >= 0.6 is 0 Å². The molecular formula is C15H22O. The largest absolute Gasteiger partial charge is 0.389 e. The highest BCUT2D eigenvalue weighted by molar-refractivity contribution is 5.27. The lowest BCUT2D eigenvalue weighted by atomic mass is 9.68. The van der Waals surface area contributed by atoms with Gasteiger partial charge in [0.15, 0.2) is 0 Å². The Morgan fingerprint density at radius 1 is 1.12 bits per heavy atom. The summed E-state index contributed by atoms with van der Waals surface area (Å²) in [6, 6.07) is 10.0. The minimum atomic E-state index is -0.809. The molecule has 0 saturated carbocycles. The van der Waals surface area contributed by atoms with Crippen molar-refractivity contribution < 1.29 is 5.11 Å². The zero-order valence-electron chi connectivity index (χ0n) is 10.7. The Labute approximate surface area is 98.8 Å². The summed E-state index contributed by atoms with van der Waals surface area (Å²) in [5.74, 6) is -0.0475. The molecule has 0 spiro atoms. The Bertz CT molecular complexity index is 343. The first-order chi connectivity index (χ1) is 7.30. The standard InChI is InChI=1S/C15H22O/c1-6-13(12-10-8-7-9-11-12)15(5,16)14(2,3)4/h6-11,13,16H,1H2,2-5H3/t13-,15-/m1/s1. The Balaban J connectivity index is 3.14. The molecule has 1 rings (SSSR count). The number of benzene rings is 1. The summed E-state index contributed by atoms with van der Waals surface area (Å²) in [5.41, 5.74) is 0.107. The molecule has 0 bridgehead atoms. The molecule has 1 aromatic carbocycles. The summed E-state index contributed by atoms with van der Waals surface area (Å²) >= 11 is 0. The van der Waals surface area contributed by atoms with Crippen LogP contribution in [0.4, 0.5) is 0 Å². The van der Waals surface area contributed by atoms with E-state index in [1.807, 2.05) is 64.1 Å². The van der Waals surface area contributed by atoms with Gasteiger partial charge in [0.05, 0.1) is 5.60 Å². The molecule has 2 atom stereocenters. The van der Waals surface area contributed by atoms with Gasteiger partial charge in [-0.2, -0.15) is 0 Å². The molecule has 0 aliphatic carbocycles. The topological polar surface area (TPSA) is 20.2 Å². The van der Waals surface area contributed by atoms with Crippen molar-refractivity contribution >= 4 is 0 Å². The fraction of sp³-hybridized carbons (Fsp3) is 0.467. The minimum Gasteiger partial charge on any atom is -0.389 e. The molecule has 1 nitrogen and oxygen atoms in total. The van der Waals surface area contributed by atoms with Crippen molar-refractivity contribution in [3.8, 4) is 0 Å². The van der Waals surface area contributed by atoms with Gasteiger partial charge in [0.1, 0.15) is 0 Å². The van der Waals surface area contributed by atoms with Crippen molar-refractivity contribution in [2.45, 2.75) is 39.2 Å². The van der Waals surface area contributed by atoms with Crippen LogP contribution < -0.4 is 0 Å². The Morgan fingerprint density at radius 2 is 1.62 bits per heavy atom. The molecule has 0 aromatic heterocycles. The SMILES string of the molecule is C=C[C@H](c1ccccc1)[C@@](C)(O)C(C)(C)C. The average molecular weight is 218 g/mol. The van der Waals surface area contributed by atoms with E-state index in [0.29, 0.717) is 0 Å². The van der Waals surface area contributed by atoms with Crippen molar-refractivity contribution in [3.05, 3.63) is 48.6 Å². The van der Waals surface area contributed by atoms with E-state index in [4.69, 9.17) is 0 Å². The average Bonchev–Trinajstić information content (AvgIpc) is 2.18. The highest BCUT2D eigenvalue weighted by Gasteiger charge is 2.41. The molecule has 0 fully saturated rings. The van der Waals surface area contributed by atoms with E-state index in [1.165, 1.54) is 0 Å². The molecule has 1 heteroatoms. The Kier molecular flexibility index (Phi) is 3.59. The second-order valence-corrected chi connectivity index (χ2v) is 5.52. The predicted octanol–water partition coefficient (Wildman–Crippen LogP) is 3.75. The monoisotopic (exact) mass is 218 g/mol. The van der Waals surface area contributed by atoms with Gasteiger partial charge in [-0.15, -0.1) is 6.58 Å². The first-order valence-electron chi connectivity index (χ1n) is 5.70. The molecule has 0 amide bonds. The van der Waals surface area contributed by atoms with E-state index in [-0.39, 0.29) is 11.3 Å². The Hall–Kier alpha value is -1.08. The van der Waals surface area contributed by atoms with E-state index in [2.05, 4.69) is 6.58 Å². The van der Waals surface area contributed by atoms with Gasteiger partial charge in [0.2, 0.25) is 0 Å². The molecule has 1 aromatic rings. The van der Waals surface area contributed by atoms with E-state index in [9.17, 15) is 5.11 Å². The van der Waals surface area contributed by atoms with Gasteiger partial charge in [-0.3, -0.25) is 0 Å². The number of hydrogen-bond donors (Lipinski definition) is 1. The smallest absolute Gasteiger partial charge is 0.0770 e. The first-order valence-corrected chi connectivity index (χ1v) is 5.70. The quantitative estimate of drug-likeness (QED) is 0.766. The van der Waals surface area contributed by atoms with E-state index < -0.39 is 5.60 Å². The molecule has 0 saturated heterocycles. The summed E-state index contributed by atoms with van der Waals surface area (Å²) < 4.78 is 0. The van der Waals surface area contributed by atoms with Crippen LogP contribution in [-0.4, -0.2) is 10.7 Å². The van der Waals surface area contributed by atoms with Crippen LogP contribution in [0.1, 0.15) is 39.2 Å². The van der Waals surface area contributed by atoms with Crippen LogP contribution in [0.2, 0.25) is 0 Å². The summed E-state index contributed by atoms with van der Waals surface area (Å²) in [5, 5.41) is 10.7. The lowest BCUT2D eigenvalue weighted by molar-refractivity contribution is -0.0529. The second-order valence-electron chi connectivity index (χ2n) is 5.52. The molecule has 0 aliphatic rings. The third-order valence-electron chi connectivity index (χ3n) is 3.52. The maximum absolute atomic E-state index is 10.7. The van der Waals surface area contributed by atoms with Crippen LogP contribution in [-0.2, 0) is 0 Å². The molecule has 0 heterocycles. The Morgan fingerprint density at radius 3 is 2.00 bits per heavy atom. The molecule has 0 radical (unpaired) electrons. The van der Waals surface area contributed by atoms with E-state index in [0.717, 1.165) is 5.56 Å². The second kappa shape index (κ2) is 4.42. The van der Waals surface area contributed by atoms with Crippen LogP contribution in [0.25, 0.3) is 0 Å². The van der Waals surface area contributed by atoms with Crippen molar-refractivity contribution in [1.82, 2.24) is 0 Å². The van der Waals surface area contributed by atoms with Gasteiger partial charge in [-0.25, -0.2) is 0 Å². The molecular weight excluding hydrogens is 196 g/mol. The van der Waals surface area contributed by atoms with Crippen molar-refractivity contribution in [2.24, 2.45) is 5.41 Å². The maximum atomic E-state index is 10.7. The zero-order valence-corrected chi connectivity index (χ0v) is 10.7. The predicted molar refractivity (Wildman–Crippen MR) is 69.5 cm³/mol. The molecule has 88 valence electrons. The van der Waals surface area contributed by atoms with Crippen LogP contribution in [0, 0.1) is 5.41 Å². The van der Waals surface area contributed by atoms with Gasteiger partial charge < -0.3 is 5.11 Å². The number of aliphatic hydroxyl groups is 1. The van der Waals surface area contributed by atoms with Crippen molar-refractivity contribution in [2.75, 3.05) is 0 Å². The fourth-order valence-electron chi connectivity index (χ4n) is 1.82. The van der Waals surface area contributed by atoms with Gasteiger partial charge in [-0.05, 0) is 17.9 Å². The molecule has 1 N–H and O–H groups in total. The van der Waals surface area contributed by atoms with Crippen LogP contribution in [0.3, 0.4) is 0 Å². The maximum Gasteiger partial charge on any atom is 0.0770 e. The fourth-order valence-corrected chi connectivity index (χ4v) is 1.82. The normalized spacial score (nSPS) is 17.6. The number of hydrogen-bond acceptors (Lipinski definition) is 1. The number of rotatable bonds is 3. The van der Waals surface area contributed by atoms with E-state index in [1.54, 1.807) is 0 Å². The third-order valence-corrected chi connectivity index (χ3v) is 3.52. The van der Waals surface area contributed by atoms with Crippen LogP contribution in [0.15, 0.2) is 43.0 Å². The molecule has 0 aliphatic heterocycles. The zero-order chi connectivity index (χ0) is 12.4. The highest BCUT2D eigenvalue weighted by Crippen LogP contribution is 2.41. The summed E-state index contributed by atoms with van der Waals surface area (Å²) in [6.07, 6.45) is 1.83. The third kappa shape index (κ3) is 2.35. The highest BCUT2D eigenvalue weighted by atomic mass is 16.3. The summed E-state index contributed by atoms with van der Waals surface area (Å²) in [7, 11) is 0. The van der Waals surface area contributed by atoms with Crippen molar-refractivity contribution in [3.63, 3.8) is 0 Å². The van der Waals surface area contributed by atoms with Gasteiger partial charge in [0.25, 0.3) is 0 Å². The van der Waals surface area contributed by atoms with Crippen molar-refractivity contribution in [1.29, 1.82) is 0 Å². The molecule has 0 unspecified atom stereocenters. The van der Waals surface area contributed by atoms with Gasteiger partial charge in [0, 0.05) is 5.92 Å². The summed E-state index contributed by atoms with van der Waals surface area (Å²) in [6.45, 7) is 11.9. The van der Waals surface area contributed by atoms with Gasteiger partial charge >= 0.3 is 0 Å². The first kappa shape index (κ1) is 13.0. The lowest BCUT2D eigenvalue weighted by Crippen LogP contribution is -2.44. The van der Waals surface area contributed by atoms with Gasteiger partial charge in [-0.1, -0.05) is 57.2 Å². The summed E-state index contributed by atoms with van der Waals surface area (Å²) in [4.78, 5) is 0. The minimum absolute atomic E-state index is 0.0475.